The zero-order valence-electron chi connectivity index (χ0n) is 11.6. The molecule has 3 aromatic rings. The smallest absolute Gasteiger partial charge is 0.0167 e. The minimum atomic E-state index is 1.31. The van der Waals surface area contributed by atoms with Gasteiger partial charge in [0.05, 0.1) is 0 Å². The third-order valence-corrected chi connectivity index (χ3v) is 2.33. The minimum Gasteiger partial charge on any atom is -0.323 e. The Hall–Kier alpha value is -2.12. The third-order valence-electron chi connectivity index (χ3n) is 2.33. The van der Waals surface area contributed by atoms with Crippen LogP contribution in [0.5, 0.6) is 0 Å². The molecule has 0 aromatic heterocycles. The van der Waals surface area contributed by atoms with E-state index >= 15 is 0 Å². The van der Waals surface area contributed by atoms with Gasteiger partial charge in [0.25, 0.3) is 0 Å². The van der Waals surface area contributed by atoms with Crippen molar-refractivity contribution in [3.8, 4) is 0 Å². The average molecular weight is 251 g/mol. The van der Waals surface area contributed by atoms with Gasteiger partial charge in [-0.1, -0.05) is 84.9 Å². The Labute approximate surface area is 115 Å². The Balaban J connectivity index is 0.000000172. The summed E-state index contributed by atoms with van der Waals surface area (Å²) in [5.41, 5.74) is 0. The van der Waals surface area contributed by atoms with Crippen molar-refractivity contribution in [2.24, 2.45) is 0 Å². The Morgan fingerprint density at radius 3 is 0.895 bits per heavy atom. The maximum absolute atomic E-state index is 2.75. The highest BCUT2D eigenvalue weighted by Crippen LogP contribution is 2.11. The van der Waals surface area contributed by atoms with E-state index < -0.39 is 0 Å². The first kappa shape index (κ1) is 14.9. The van der Waals surface area contributed by atoms with Crippen molar-refractivity contribution in [2.75, 3.05) is 14.1 Å². The van der Waals surface area contributed by atoms with E-state index in [1.54, 1.807) is 0 Å². The predicted molar refractivity (Wildman–Crippen MR) is 85.4 cm³/mol. The van der Waals surface area contributed by atoms with E-state index in [9.17, 15) is 0 Å². The molecule has 0 amide bonds. The van der Waals surface area contributed by atoms with Crippen molar-refractivity contribution in [3.63, 3.8) is 0 Å². The third kappa shape index (κ3) is 6.39. The summed E-state index contributed by atoms with van der Waals surface area (Å²) in [5.74, 6) is 0. The highest BCUT2D eigenvalue weighted by atomic mass is 14.7. The number of hydrogen-bond acceptors (Lipinski definition) is 1. The van der Waals surface area contributed by atoms with Crippen LogP contribution in [0, 0.1) is 0 Å². The van der Waals surface area contributed by atoms with Gasteiger partial charge in [-0.15, -0.1) is 0 Å². The van der Waals surface area contributed by atoms with Crippen molar-refractivity contribution < 1.29 is 0 Å². The fourth-order valence-electron chi connectivity index (χ4n) is 1.52. The summed E-state index contributed by atoms with van der Waals surface area (Å²) in [5, 5.41) is 5.37. The standard InChI is InChI=1S/C10H8.C6H6.C2H7N/c1-2-6-10-8-4-3-7-9(10)5-1;1-2-4-6-5-3-1;1-3-2/h1-8H;1-6H;3H,1-2H3. The van der Waals surface area contributed by atoms with Crippen LogP contribution in [0.1, 0.15) is 0 Å². The average Bonchev–Trinajstić information content (AvgIpc) is 2.51. The molecule has 0 aliphatic carbocycles. The van der Waals surface area contributed by atoms with Crippen molar-refractivity contribution in [1.29, 1.82) is 0 Å². The maximum atomic E-state index is 2.75. The van der Waals surface area contributed by atoms with Crippen LogP contribution in [0.15, 0.2) is 84.9 Å². The van der Waals surface area contributed by atoms with Crippen molar-refractivity contribution >= 4 is 10.8 Å². The van der Waals surface area contributed by atoms with E-state index in [1.165, 1.54) is 10.8 Å². The van der Waals surface area contributed by atoms with Gasteiger partial charge < -0.3 is 5.32 Å². The summed E-state index contributed by atoms with van der Waals surface area (Å²) >= 11 is 0. The molecular weight excluding hydrogens is 230 g/mol. The normalized spacial score (nSPS) is 8.74. The van der Waals surface area contributed by atoms with Crippen molar-refractivity contribution in [3.05, 3.63) is 84.9 Å². The summed E-state index contributed by atoms with van der Waals surface area (Å²) in [4.78, 5) is 0. The quantitative estimate of drug-likeness (QED) is 0.626. The Bertz CT molecular complexity index is 454. The first-order valence-corrected chi connectivity index (χ1v) is 6.40. The Kier molecular flexibility index (Phi) is 7.76. The molecule has 0 radical (unpaired) electrons. The molecule has 19 heavy (non-hydrogen) atoms. The highest BCUT2D eigenvalue weighted by Gasteiger charge is 1.85. The molecule has 0 heterocycles. The van der Waals surface area contributed by atoms with Crippen LogP contribution in [-0.4, -0.2) is 14.1 Å². The van der Waals surface area contributed by atoms with Gasteiger partial charge >= 0.3 is 0 Å². The molecular formula is C18H21N. The van der Waals surface area contributed by atoms with Gasteiger partial charge in [0.15, 0.2) is 0 Å². The van der Waals surface area contributed by atoms with Gasteiger partial charge in [-0.2, -0.15) is 0 Å². The topological polar surface area (TPSA) is 12.0 Å². The zero-order chi connectivity index (χ0) is 13.8. The Morgan fingerprint density at radius 2 is 0.684 bits per heavy atom. The molecule has 0 aliphatic heterocycles. The van der Waals surface area contributed by atoms with E-state index in [1.807, 2.05) is 50.5 Å². The second kappa shape index (κ2) is 9.86. The molecule has 98 valence electrons. The molecule has 1 N–H and O–H groups in total. The zero-order valence-corrected chi connectivity index (χ0v) is 11.6. The highest BCUT2D eigenvalue weighted by molar-refractivity contribution is 5.81. The van der Waals surface area contributed by atoms with Gasteiger partial charge in [0, 0.05) is 0 Å². The first-order chi connectivity index (χ1) is 9.38. The van der Waals surface area contributed by atoms with E-state index in [2.05, 4.69) is 53.8 Å². The van der Waals surface area contributed by atoms with Crippen LogP contribution in [-0.2, 0) is 0 Å². The number of rotatable bonds is 0. The van der Waals surface area contributed by atoms with Crippen molar-refractivity contribution in [2.45, 2.75) is 0 Å². The van der Waals surface area contributed by atoms with Gasteiger partial charge in [0.2, 0.25) is 0 Å². The van der Waals surface area contributed by atoms with Crippen LogP contribution in [0.3, 0.4) is 0 Å². The fourth-order valence-corrected chi connectivity index (χ4v) is 1.52. The van der Waals surface area contributed by atoms with E-state index in [0.29, 0.717) is 0 Å². The summed E-state index contributed by atoms with van der Waals surface area (Å²) in [7, 11) is 3.75. The predicted octanol–water partition coefficient (Wildman–Crippen LogP) is 4.36. The summed E-state index contributed by atoms with van der Waals surface area (Å²) in [6.07, 6.45) is 0. The molecule has 0 bridgehead atoms. The van der Waals surface area contributed by atoms with E-state index in [0.717, 1.165) is 0 Å². The lowest BCUT2D eigenvalue weighted by molar-refractivity contribution is 1.02. The maximum Gasteiger partial charge on any atom is -0.0167 e. The van der Waals surface area contributed by atoms with Crippen LogP contribution in [0.25, 0.3) is 10.8 Å². The van der Waals surface area contributed by atoms with Crippen LogP contribution >= 0.6 is 0 Å². The molecule has 0 saturated heterocycles. The molecule has 0 spiro atoms. The largest absolute Gasteiger partial charge is 0.323 e. The molecule has 0 saturated carbocycles. The second-order valence-electron chi connectivity index (χ2n) is 4.00. The second-order valence-corrected chi connectivity index (χ2v) is 4.00. The van der Waals surface area contributed by atoms with E-state index in [-0.39, 0.29) is 0 Å². The van der Waals surface area contributed by atoms with Gasteiger partial charge in [-0.25, -0.2) is 0 Å². The lowest BCUT2D eigenvalue weighted by Crippen LogP contribution is -1.89. The molecule has 1 heteroatoms. The first-order valence-electron chi connectivity index (χ1n) is 6.40. The summed E-state index contributed by atoms with van der Waals surface area (Å²) in [6, 6.07) is 28.7. The van der Waals surface area contributed by atoms with Gasteiger partial charge in [-0.05, 0) is 24.9 Å². The molecule has 3 aromatic carbocycles. The minimum absolute atomic E-state index is 1.31. The molecule has 3 rings (SSSR count). The molecule has 0 unspecified atom stereocenters. The summed E-state index contributed by atoms with van der Waals surface area (Å²) < 4.78 is 0. The number of benzene rings is 3. The van der Waals surface area contributed by atoms with Gasteiger partial charge in [-0.3, -0.25) is 0 Å². The molecule has 0 atom stereocenters. The van der Waals surface area contributed by atoms with Crippen LogP contribution in [0.2, 0.25) is 0 Å². The van der Waals surface area contributed by atoms with Crippen LogP contribution in [0.4, 0.5) is 0 Å². The molecule has 0 fully saturated rings. The van der Waals surface area contributed by atoms with Crippen LogP contribution < -0.4 is 5.32 Å². The Morgan fingerprint density at radius 1 is 0.474 bits per heavy atom. The number of hydrogen-bond donors (Lipinski definition) is 1. The summed E-state index contributed by atoms with van der Waals surface area (Å²) in [6.45, 7) is 0. The van der Waals surface area contributed by atoms with Gasteiger partial charge in [0.1, 0.15) is 0 Å². The van der Waals surface area contributed by atoms with E-state index in [4.69, 9.17) is 0 Å². The molecule has 0 aliphatic rings. The van der Waals surface area contributed by atoms with Crippen molar-refractivity contribution in [1.82, 2.24) is 5.32 Å². The lowest BCUT2D eigenvalue weighted by atomic mass is 10.1. The molecule has 1 nitrogen and oxygen atoms in total. The fraction of sp³-hybridized carbons (Fsp3) is 0.111. The number of fused-ring (bicyclic) bond motifs is 1. The number of nitrogens with one attached hydrogen (secondary N) is 1. The SMILES string of the molecule is CNC.c1ccc2ccccc2c1.c1ccccc1. The monoisotopic (exact) mass is 251 g/mol. The lowest BCUT2D eigenvalue weighted by Gasteiger charge is -1.92.